The molecule has 18 heavy (non-hydrogen) atoms. The number of Topliss-reactive ketones (excluding diaryl/α,β-unsaturated/α-hetero) is 1. The van der Waals surface area contributed by atoms with E-state index in [2.05, 4.69) is 0 Å². The minimum Gasteiger partial charge on any atom is -0.432 e. The zero-order valence-electron chi connectivity index (χ0n) is 11.1. The molecule has 0 radical (unpaired) electrons. The maximum Gasteiger partial charge on any atom is 0.340 e. The number of carbonyl (C=O) groups is 2. The Labute approximate surface area is 107 Å². The molecule has 1 unspecified atom stereocenters. The first-order chi connectivity index (χ1) is 8.45. The molecule has 0 spiro atoms. The smallest absolute Gasteiger partial charge is 0.340 e. The number of esters is 1. The van der Waals surface area contributed by atoms with Gasteiger partial charge in [0, 0.05) is 18.6 Å². The predicted molar refractivity (Wildman–Crippen MR) is 67.5 cm³/mol. The van der Waals surface area contributed by atoms with Gasteiger partial charge >= 0.3 is 5.97 Å². The fourth-order valence-corrected chi connectivity index (χ4v) is 1.37. The minimum absolute atomic E-state index is 0.0557. The highest BCUT2D eigenvalue weighted by atomic mass is 16.7. The summed E-state index contributed by atoms with van der Waals surface area (Å²) in [6, 6.07) is 6.44. The van der Waals surface area contributed by atoms with E-state index < -0.39 is 12.3 Å². The van der Waals surface area contributed by atoms with Crippen molar-refractivity contribution in [3.63, 3.8) is 0 Å². The van der Waals surface area contributed by atoms with Crippen molar-refractivity contribution in [3.05, 3.63) is 35.4 Å². The van der Waals surface area contributed by atoms with E-state index in [1.54, 1.807) is 31.2 Å². The summed E-state index contributed by atoms with van der Waals surface area (Å²) in [6.45, 7) is 5.31. The van der Waals surface area contributed by atoms with Crippen LogP contribution in [0.1, 0.15) is 41.5 Å². The molecule has 1 rings (SSSR count). The second-order valence-corrected chi connectivity index (χ2v) is 4.30. The van der Waals surface area contributed by atoms with Crippen molar-refractivity contribution >= 4 is 11.8 Å². The Bertz CT molecular complexity index is 420. The van der Waals surface area contributed by atoms with E-state index in [9.17, 15) is 9.59 Å². The number of ketones is 1. The highest BCUT2D eigenvalue weighted by Gasteiger charge is 2.14. The zero-order valence-corrected chi connectivity index (χ0v) is 11.1. The lowest BCUT2D eigenvalue weighted by atomic mass is 10.0. The molecule has 98 valence electrons. The van der Waals surface area contributed by atoms with Crippen LogP contribution in [-0.4, -0.2) is 25.2 Å². The van der Waals surface area contributed by atoms with Crippen LogP contribution in [0.3, 0.4) is 0 Å². The van der Waals surface area contributed by atoms with Crippen LogP contribution >= 0.6 is 0 Å². The fraction of sp³-hybridized carbons (Fsp3) is 0.429. The lowest BCUT2D eigenvalue weighted by molar-refractivity contribution is -0.0773. The van der Waals surface area contributed by atoms with Gasteiger partial charge in [0.2, 0.25) is 0 Å². The van der Waals surface area contributed by atoms with Crippen molar-refractivity contribution in [3.8, 4) is 0 Å². The average molecular weight is 250 g/mol. The Kier molecular flexibility index (Phi) is 5.04. The molecule has 4 nitrogen and oxygen atoms in total. The van der Waals surface area contributed by atoms with E-state index in [0.717, 1.165) is 0 Å². The van der Waals surface area contributed by atoms with Gasteiger partial charge in [0.15, 0.2) is 12.1 Å². The molecule has 0 bridgehead atoms. The second kappa shape index (κ2) is 6.31. The van der Waals surface area contributed by atoms with Crippen LogP contribution in [0.15, 0.2) is 24.3 Å². The molecule has 0 amide bonds. The van der Waals surface area contributed by atoms with Gasteiger partial charge in [-0.2, -0.15) is 0 Å². The van der Waals surface area contributed by atoms with Crippen molar-refractivity contribution < 1.29 is 19.1 Å². The zero-order chi connectivity index (χ0) is 13.7. The molecule has 1 aromatic rings. The van der Waals surface area contributed by atoms with Crippen LogP contribution in [0.25, 0.3) is 0 Å². The van der Waals surface area contributed by atoms with Gasteiger partial charge in [0.1, 0.15) is 0 Å². The Morgan fingerprint density at radius 3 is 1.94 bits per heavy atom. The van der Waals surface area contributed by atoms with Crippen LogP contribution < -0.4 is 0 Å². The molecular weight excluding hydrogens is 232 g/mol. The quantitative estimate of drug-likeness (QED) is 0.458. The molecular formula is C14H18O4. The van der Waals surface area contributed by atoms with Gasteiger partial charge in [0.25, 0.3) is 0 Å². The summed E-state index contributed by atoms with van der Waals surface area (Å²) in [5, 5.41) is 0. The van der Waals surface area contributed by atoms with Crippen molar-refractivity contribution in [1.82, 2.24) is 0 Å². The molecule has 0 saturated heterocycles. The van der Waals surface area contributed by atoms with Crippen molar-refractivity contribution in [2.24, 2.45) is 5.92 Å². The van der Waals surface area contributed by atoms with Gasteiger partial charge in [-0.15, -0.1) is 0 Å². The van der Waals surface area contributed by atoms with E-state index in [4.69, 9.17) is 9.47 Å². The monoisotopic (exact) mass is 250 g/mol. The van der Waals surface area contributed by atoms with Crippen molar-refractivity contribution in [2.45, 2.75) is 27.1 Å². The topological polar surface area (TPSA) is 52.6 Å². The van der Waals surface area contributed by atoms with Crippen LogP contribution in [0.5, 0.6) is 0 Å². The first kappa shape index (κ1) is 14.4. The molecule has 0 aliphatic heterocycles. The molecule has 0 aromatic heterocycles. The van der Waals surface area contributed by atoms with E-state index in [1.165, 1.54) is 7.11 Å². The van der Waals surface area contributed by atoms with Gasteiger partial charge < -0.3 is 9.47 Å². The van der Waals surface area contributed by atoms with E-state index in [-0.39, 0.29) is 11.7 Å². The average Bonchev–Trinajstić information content (AvgIpc) is 2.37. The van der Waals surface area contributed by atoms with Gasteiger partial charge in [-0.05, 0) is 19.1 Å². The van der Waals surface area contributed by atoms with Gasteiger partial charge in [-0.1, -0.05) is 26.0 Å². The third-order valence-electron chi connectivity index (χ3n) is 2.53. The molecule has 0 aliphatic carbocycles. The molecule has 1 aromatic carbocycles. The number of hydrogen-bond acceptors (Lipinski definition) is 4. The number of rotatable bonds is 5. The Hall–Kier alpha value is -1.68. The molecule has 0 N–H and O–H groups in total. The minimum atomic E-state index is -0.588. The molecule has 1 atom stereocenters. The summed E-state index contributed by atoms with van der Waals surface area (Å²) in [5.41, 5.74) is 1.00. The molecule has 0 saturated carbocycles. The van der Waals surface area contributed by atoms with Crippen molar-refractivity contribution in [2.75, 3.05) is 7.11 Å². The first-order valence-corrected chi connectivity index (χ1v) is 5.83. The normalized spacial score (nSPS) is 12.3. The summed E-state index contributed by atoms with van der Waals surface area (Å²) in [6.07, 6.45) is -0.588. The van der Waals surface area contributed by atoms with E-state index in [0.29, 0.717) is 11.1 Å². The third-order valence-corrected chi connectivity index (χ3v) is 2.53. The van der Waals surface area contributed by atoms with E-state index in [1.807, 2.05) is 13.8 Å². The standard InChI is InChI=1S/C14H18O4/c1-9(2)13(15)11-5-7-12(8-6-11)14(16)18-10(3)17-4/h5-10H,1-4H3. The number of ether oxygens (including phenoxy) is 2. The maximum absolute atomic E-state index is 11.7. The third kappa shape index (κ3) is 3.67. The Balaban J connectivity index is 2.77. The molecule has 0 aliphatic rings. The van der Waals surface area contributed by atoms with Crippen LogP contribution in [-0.2, 0) is 9.47 Å². The van der Waals surface area contributed by atoms with Crippen LogP contribution in [0.4, 0.5) is 0 Å². The lowest BCUT2D eigenvalue weighted by Crippen LogP contribution is -2.16. The predicted octanol–water partition coefficient (Wildman–Crippen LogP) is 2.67. The maximum atomic E-state index is 11.7. The summed E-state index contributed by atoms with van der Waals surface area (Å²) in [5.74, 6) is -0.468. The highest BCUT2D eigenvalue weighted by molar-refractivity contribution is 5.98. The summed E-state index contributed by atoms with van der Waals surface area (Å²) >= 11 is 0. The number of hydrogen-bond donors (Lipinski definition) is 0. The molecule has 0 fully saturated rings. The van der Waals surface area contributed by atoms with E-state index >= 15 is 0 Å². The number of benzene rings is 1. The van der Waals surface area contributed by atoms with Gasteiger partial charge in [0.05, 0.1) is 5.56 Å². The highest BCUT2D eigenvalue weighted by Crippen LogP contribution is 2.11. The van der Waals surface area contributed by atoms with Gasteiger partial charge in [-0.25, -0.2) is 4.79 Å². The Morgan fingerprint density at radius 2 is 1.50 bits per heavy atom. The fourth-order valence-electron chi connectivity index (χ4n) is 1.37. The SMILES string of the molecule is COC(C)OC(=O)c1ccc(C(=O)C(C)C)cc1. The lowest BCUT2D eigenvalue weighted by Gasteiger charge is -2.11. The van der Waals surface area contributed by atoms with Gasteiger partial charge in [-0.3, -0.25) is 4.79 Å². The largest absolute Gasteiger partial charge is 0.432 e. The van der Waals surface area contributed by atoms with Crippen LogP contribution in [0.2, 0.25) is 0 Å². The first-order valence-electron chi connectivity index (χ1n) is 5.83. The second-order valence-electron chi connectivity index (χ2n) is 4.30. The molecule has 4 heteroatoms. The van der Waals surface area contributed by atoms with Crippen molar-refractivity contribution in [1.29, 1.82) is 0 Å². The number of carbonyl (C=O) groups excluding carboxylic acids is 2. The summed E-state index contributed by atoms with van der Waals surface area (Å²) in [7, 11) is 1.46. The summed E-state index contributed by atoms with van der Waals surface area (Å²) < 4.78 is 9.83. The Morgan fingerprint density at radius 1 is 1.00 bits per heavy atom. The number of methoxy groups -OCH3 is 1. The summed E-state index contributed by atoms with van der Waals surface area (Å²) in [4.78, 5) is 23.4. The van der Waals surface area contributed by atoms with Crippen LogP contribution in [0, 0.1) is 5.92 Å². The molecule has 0 heterocycles.